The minimum absolute atomic E-state index is 0.102. The first-order valence-electron chi connectivity index (χ1n) is 6.19. The number of benzene rings is 2. The number of aryl methyl sites for hydroxylation is 1. The van der Waals surface area contributed by atoms with Gasteiger partial charge >= 0.3 is 0 Å². The van der Waals surface area contributed by atoms with E-state index in [-0.39, 0.29) is 5.91 Å². The Hall–Kier alpha value is -1.65. The lowest BCUT2D eigenvalue weighted by atomic mass is 10.1. The second-order valence-corrected chi connectivity index (χ2v) is 6.30. The Labute approximate surface area is 129 Å². The average Bonchev–Trinajstić information content (AvgIpc) is 2.89. The van der Waals surface area contributed by atoms with Gasteiger partial charge < -0.3 is 5.32 Å². The summed E-state index contributed by atoms with van der Waals surface area (Å²) in [5.74, 6) is -0.102. The first-order chi connectivity index (χ1) is 9.65. The van der Waals surface area contributed by atoms with Gasteiger partial charge in [-0.1, -0.05) is 12.1 Å². The molecule has 0 atom stereocenters. The number of amides is 1. The van der Waals surface area contributed by atoms with Crippen molar-refractivity contribution < 1.29 is 4.79 Å². The highest BCUT2D eigenvalue weighted by Gasteiger charge is 2.11. The molecule has 0 unspecified atom stereocenters. The van der Waals surface area contributed by atoms with Gasteiger partial charge in [0.15, 0.2) is 0 Å². The molecule has 4 heteroatoms. The van der Waals surface area contributed by atoms with Crippen molar-refractivity contribution in [1.82, 2.24) is 0 Å². The van der Waals surface area contributed by atoms with Crippen LogP contribution in [-0.4, -0.2) is 5.91 Å². The zero-order chi connectivity index (χ0) is 14.1. The zero-order valence-corrected chi connectivity index (χ0v) is 13.2. The van der Waals surface area contributed by atoms with Crippen LogP contribution in [-0.2, 0) is 0 Å². The summed E-state index contributed by atoms with van der Waals surface area (Å²) < 4.78 is 2.06. The van der Waals surface area contributed by atoms with Crippen LogP contribution in [0.4, 0.5) is 5.69 Å². The molecule has 20 heavy (non-hydrogen) atoms. The van der Waals surface area contributed by atoms with E-state index in [1.54, 1.807) is 11.3 Å². The molecule has 2 nitrogen and oxygen atoms in total. The van der Waals surface area contributed by atoms with Crippen LogP contribution in [0.15, 0.2) is 52.3 Å². The third kappa shape index (κ3) is 2.49. The predicted octanol–water partition coefficient (Wildman–Crippen LogP) is 5.22. The van der Waals surface area contributed by atoms with Crippen molar-refractivity contribution >= 4 is 48.9 Å². The van der Waals surface area contributed by atoms with Crippen molar-refractivity contribution in [2.75, 3.05) is 5.32 Å². The number of nitrogens with one attached hydrogen (secondary N) is 1. The third-order valence-electron chi connectivity index (χ3n) is 3.15. The van der Waals surface area contributed by atoms with E-state index in [0.29, 0.717) is 5.56 Å². The normalized spacial score (nSPS) is 10.7. The number of carbonyl (C=O) groups is 1. The minimum atomic E-state index is -0.102. The Balaban J connectivity index is 1.90. The summed E-state index contributed by atoms with van der Waals surface area (Å²) in [5, 5.41) is 6.14. The molecule has 0 aliphatic heterocycles. The topological polar surface area (TPSA) is 29.1 Å². The fourth-order valence-corrected chi connectivity index (χ4v) is 3.28. The van der Waals surface area contributed by atoms with Crippen molar-refractivity contribution in [3.05, 3.63) is 63.4 Å². The number of hydrogen-bond donors (Lipinski definition) is 1. The molecule has 0 bridgehead atoms. The number of rotatable bonds is 2. The quantitative estimate of drug-likeness (QED) is 0.677. The van der Waals surface area contributed by atoms with Gasteiger partial charge in [-0.05, 0) is 69.5 Å². The summed E-state index contributed by atoms with van der Waals surface area (Å²) in [5.41, 5.74) is 2.51. The first-order valence-corrected chi connectivity index (χ1v) is 7.86. The molecule has 100 valence electrons. The molecule has 1 aromatic heterocycles. The van der Waals surface area contributed by atoms with Gasteiger partial charge in [-0.2, -0.15) is 0 Å². The van der Waals surface area contributed by atoms with Crippen LogP contribution in [0.25, 0.3) is 10.1 Å². The van der Waals surface area contributed by atoms with Gasteiger partial charge in [0.1, 0.15) is 0 Å². The predicted molar refractivity (Wildman–Crippen MR) is 88.7 cm³/mol. The SMILES string of the molecule is Cc1cccc(C(=O)Nc2ccc3sccc3c2)c1Br. The first kappa shape index (κ1) is 13.3. The number of halogens is 1. The lowest BCUT2D eigenvalue weighted by molar-refractivity contribution is 0.102. The van der Waals surface area contributed by atoms with Gasteiger partial charge in [-0.25, -0.2) is 0 Å². The Morgan fingerprint density at radius 3 is 2.90 bits per heavy atom. The molecule has 0 fully saturated rings. The lowest BCUT2D eigenvalue weighted by Gasteiger charge is -2.08. The van der Waals surface area contributed by atoms with Crippen molar-refractivity contribution in [1.29, 1.82) is 0 Å². The smallest absolute Gasteiger partial charge is 0.256 e. The highest BCUT2D eigenvalue weighted by Crippen LogP contribution is 2.26. The molecule has 0 spiro atoms. The molecule has 3 aromatic rings. The molecule has 0 aliphatic rings. The van der Waals surface area contributed by atoms with Crippen LogP contribution in [0.1, 0.15) is 15.9 Å². The molecule has 2 aromatic carbocycles. The summed E-state index contributed by atoms with van der Waals surface area (Å²) in [6.07, 6.45) is 0. The van der Waals surface area contributed by atoms with E-state index in [1.165, 1.54) is 4.70 Å². The number of anilines is 1. The van der Waals surface area contributed by atoms with Crippen molar-refractivity contribution in [3.8, 4) is 0 Å². The average molecular weight is 346 g/mol. The maximum absolute atomic E-state index is 12.3. The third-order valence-corrected chi connectivity index (χ3v) is 5.10. The Morgan fingerprint density at radius 1 is 1.20 bits per heavy atom. The Kier molecular flexibility index (Phi) is 3.59. The molecule has 0 radical (unpaired) electrons. The zero-order valence-electron chi connectivity index (χ0n) is 10.8. The molecule has 0 saturated carbocycles. The largest absolute Gasteiger partial charge is 0.322 e. The molecule has 0 aliphatic carbocycles. The van der Waals surface area contributed by atoms with Crippen LogP contribution in [0.5, 0.6) is 0 Å². The van der Waals surface area contributed by atoms with Crippen molar-refractivity contribution in [3.63, 3.8) is 0 Å². The molecule has 1 amide bonds. The standard InChI is InChI=1S/C16H12BrNOS/c1-10-3-2-4-13(15(10)17)16(19)18-12-5-6-14-11(9-12)7-8-20-14/h2-9H,1H3,(H,18,19). The van der Waals surface area contributed by atoms with Crippen LogP contribution in [0.2, 0.25) is 0 Å². The maximum atomic E-state index is 12.3. The monoisotopic (exact) mass is 345 g/mol. The van der Waals surface area contributed by atoms with E-state index in [9.17, 15) is 4.79 Å². The summed E-state index contributed by atoms with van der Waals surface area (Å²) in [4.78, 5) is 12.3. The fraction of sp³-hybridized carbons (Fsp3) is 0.0625. The molecule has 3 rings (SSSR count). The van der Waals surface area contributed by atoms with Crippen LogP contribution >= 0.6 is 27.3 Å². The lowest BCUT2D eigenvalue weighted by Crippen LogP contribution is -2.12. The van der Waals surface area contributed by atoms with E-state index < -0.39 is 0 Å². The van der Waals surface area contributed by atoms with Crippen LogP contribution < -0.4 is 5.32 Å². The van der Waals surface area contributed by atoms with Crippen molar-refractivity contribution in [2.24, 2.45) is 0 Å². The van der Waals surface area contributed by atoms with Gasteiger partial charge in [-0.3, -0.25) is 4.79 Å². The summed E-state index contributed by atoms with van der Waals surface area (Å²) in [6.45, 7) is 1.97. The van der Waals surface area contributed by atoms with Gasteiger partial charge in [0.2, 0.25) is 0 Å². The number of carbonyl (C=O) groups excluding carboxylic acids is 1. The number of fused-ring (bicyclic) bond motifs is 1. The molecule has 0 saturated heterocycles. The second kappa shape index (κ2) is 5.38. The molecule has 1 heterocycles. The maximum Gasteiger partial charge on any atom is 0.256 e. The number of thiophene rings is 1. The van der Waals surface area contributed by atoms with Gasteiger partial charge in [0.25, 0.3) is 5.91 Å². The van der Waals surface area contributed by atoms with E-state index in [0.717, 1.165) is 21.1 Å². The van der Waals surface area contributed by atoms with Gasteiger partial charge in [-0.15, -0.1) is 11.3 Å². The van der Waals surface area contributed by atoms with Crippen LogP contribution in [0.3, 0.4) is 0 Å². The highest BCUT2D eigenvalue weighted by molar-refractivity contribution is 9.10. The minimum Gasteiger partial charge on any atom is -0.322 e. The number of hydrogen-bond acceptors (Lipinski definition) is 2. The summed E-state index contributed by atoms with van der Waals surface area (Å²) in [6, 6.07) is 13.7. The van der Waals surface area contributed by atoms with Crippen LogP contribution in [0, 0.1) is 6.92 Å². The second-order valence-electron chi connectivity index (χ2n) is 4.56. The molecular weight excluding hydrogens is 334 g/mol. The Bertz CT molecular complexity index is 794. The van der Waals surface area contributed by atoms with E-state index in [2.05, 4.69) is 27.3 Å². The molecule has 1 N–H and O–H groups in total. The van der Waals surface area contributed by atoms with Crippen molar-refractivity contribution in [2.45, 2.75) is 6.92 Å². The van der Waals surface area contributed by atoms with E-state index >= 15 is 0 Å². The fourth-order valence-electron chi connectivity index (χ4n) is 2.07. The van der Waals surface area contributed by atoms with Gasteiger partial charge in [0.05, 0.1) is 5.56 Å². The van der Waals surface area contributed by atoms with E-state index in [4.69, 9.17) is 0 Å². The molecular formula is C16H12BrNOS. The van der Waals surface area contributed by atoms with Gasteiger partial charge in [0, 0.05) is 14.9 Å². The highest BCUT2D eigenvalue weighted by atomic mass is 79.9. The Morgan fingerprint density at radius 2 is 2.05 bits per heavy atom. The van der Waals surface area contributed by atoms with E-state index in [1.807, 2.05) is 48.7 Å². The summed E-state index contributed by atoms with van der Waals surface area (Å²) in [7, 11) is 0. The summed E-state index contributed by atoms with van der Waals surface area (Å²) >= 11 is 5.16.